The van der Waals surface area contributed by atoms with E-state index >= 15 is 0 Å². The van der Waals surface area contributed by atoms with Crippen molar-refractivity contribution in [3.05, 3.63) is 24.3 Å². The molecule has 2 N–H and O–H groups in total. The van der Waals surface area contributed by atoms with E-state index in [1.54, 1.807) is 0 Å². The van der Waals surface area contributed by atoms with Crippen molar-refractivity contribution in [3.63, 3.8) is 0 Å². The van der Waals surface area contributed by atoms with E-state index in [1.807, 2.05) is 36.2 Å². The van der Waals surface area contributed by atoms with Gasteiger partial charge in [0.25, 0.3) is 0 Å². The number of nitrogens with one attached hydrogen (secondary N) is 2. The number of carbonyl (C=O) groups excluding carboxylic acids is 2. The Morgan fingerprint density at radius 2 is 2.08 bits per heavy atom. The number of likely N-dealkylation sites (tertiary alicyclic amines) is 1. The van der Waals surface area contributed by atoms with Gasteiger partial charge in [0.1, 0.15) is 0 Å². The first kappa shape index (κ1) is 16.6. The van der Waals surface area contributed by atoms with Gasteiger partial charge in [-0.05, 0) is 31.9 Å². The third-order valence-corrected chi connectivity index (χ3v) is 4.82. The lowest BCUT2D eigenvalue weighted by Gasteiger charge is -2.21. The van der Waals surface area contributed by atoms with Crippen molar-refractivity contribution in [2.45, 2.75) is 32.2 Å². The van der Waals surface area contributed by atoms with Crippen LogP contribution in [0.4, 0.5) is 16.2 Å². The van der Waals surface area contributed by atoms with Crippen molar-refractivity contribution < 1.29 is 9.59 Å². The van der Waals surface area contributed by atoms with Crippen LogP contribution in [0.1, 0.15) is 26.2 Å². The smallest absolute Gasteiger partial charge is 0.319 e. The van der Waals surface area contributed by atoms with Crippen LogP contribution in [-0.4, -0.2) is 49.6 Å². The summed E-state index contributed by atoms with van der Waals surface area (Å²) in [5.41, 5.74) is 1.78. The molecule has 2 fully saturated rings. The number of carbonyl (C=O) groups is 2. The maximum atomic E-state index is 12.2. The second-order valence-corrected chi connectivity index (χ2v) is 6.71. The summed E-state index contributed by atoms with van der Waals surface area (Å²) in [6.45, 7) is 4.24. The number of benzene rings is 1. The number of anilines is 2. The van der Waals surface area contributed by atoms with Crippen molar-refractivity contribution in [1.82, 2.24) is 10.2 Å². The zero-order valence-corrected chi connectivity index (χ0v) is 14.4. The highest BCUT2D eigenvalue weighted by atomic mass is 16.2. The van der Waals surface area contributed by atoms with Crippen LogP contribution in [0.2, 0.25) is 0 Å². The summed E-state index contributed by atoms with van der Waals surface area (Å²) < 4.78 is 0. The second kappa shape index (κ2) is 7.11. The third-order valence-electron chi connectivity index (χ3n) is 4.82. The van der Waals surface area contributed by atoms with E-state index in [0.29, 0.717) is 19.0 Å². The van der Waals surface area contributed by atoms with Crippen LogP contribution in [0.3, 0.4) is 0 Å². The molecule has 24 heavy (non-hydrogen) atoms. The van der Waals surface area contributed by atoms with Gasteiger partial charge in [-0.2, -0.15) is 0 Å². The van der Waals surface area contributed by atoms with E-state index in [0.717, 1.165) is 37.3 Å². The summed E-state index contributed by atoms with van der Waals surface area (Å²) >= 11 is 0. The first-order valence-electron chi connectivity index (χ1n) is 8.73. The monoisotopic (exact) mass is 330 g/mol. The quantitative estimate of drug-likeness (QED) is 0.841. The number of urea groups is 1. The molecule has 1 heterocycles. The normalized spacial score (nSPS) is 20.2. The molecule has 1 saturated carbocycles. The molecule has 1 aromatic carbocycles. The maximum Gasteiger partial charge on any atom is 0.319 e. The molecule has 6 nitrogen and oxygen atoms in total. The SMILES string of the molecule is CCN(C)c1ccccc1NC(=O)NCC1CC(=O)N(C2CC2)C1. The number of amides is 3. The van der Waals surface area contributed by atoms with E-state index < -0.39 is 0 Å². The summed E-state index contributed by atoms with van der Waals surface area (Å²) in [4.78, 5) is 28.2. The summed E-state index contributed by atoms with van der Waals surface area (Å²) in [7, 11) is 2.00. The fourth-order valence-corrected chi connectivity index (χ4v) is 3.17. The van der Waals surface area contributed by atoms with Crippen LogP contribution in [0.25, 0.3) is 0 Å². The van der Waals surface area contributed by atoms with Gasteiger partial charge in [-0.25, -0.2) is 4.79 Å². The lowest BCUT2D eigenvalue weighted by Crippen LogP contribution is -2.35. The fourth-order valence-electron chi connectivity index (χ4n) is 3.17. The molecule has 1 aromatic rings. The number of nitrogens with zero attached hydrogens (tertiary/aromatic N) is 2. The molecular formula is C18H26N4O2. The van der Waals surface area contributed by atoms with Gasteiger partial charge in [0.05, 0.1) is 11.4 Å². The topological polar surface area (TPSA) is 64.7 Å². The summed E-state index contributed by atoms with van der Waals surface area (Å²) in [5, 5.41) is 5.83. The van der Waals surface area contributed by atoms with Crippen LogP contribution in [0.15, 0.2) is 24.3 Å². The average Bonchev–Trinajstić information content (AvgIpc) is 3.35. The standard InChI is InChI=1S/C18H26N4O2/c1-3-21(2)16-7-5-4-6-15(16)20-18(24)19-11-13-10-17(23)22(12-13)14-8-9-14/h4-7,13-14H,3,8-12H2,1-2H3,(H2,19,20,24). The predicted octanol–water partition coefficient (Wildman–Crippen LogP) is 2.28. The third kappa shape index (κ3) is 3.80. The lowest BCUT2D eigenvalue weighted by molar-refractivity contribution is -0.128. The van der Waals surface area contributed by atoms with E-state index in [-0.39, 0.29) is 17.9 Å². The van der Waals surface area contributed by atoms with Crippen molar-refractivity contribution >= 4 is 23.3 Å². The first-order chi connectivity index (χ1) is 11.6. The van der Waals surface area contributed by atoms with Crippen LogP contribution < -0.4 is 15.5 Å². The number of hydrogen-bond acceptors (Lipinski definition) is 3. The van der Waals surface area contributed by atoms with Gasteiger partial charge in [-0.15, -0.1) is 0 Å². The minimum Gasteiger partial charge on any atom is -0.373 e. The number of hydrogen-bond donors (Lipinski definition) is 2. The van der Waals surface area contributed by atoms with Crippen molar-refractivity contribution in [1.29, 1.82) is 0 Å². The van der Waals surface area contributed by atoms with Gasteiger partial charge < -0.3 is 20.4 Å². The Morgan fingerprint density at radius 1 is 1.33 bits per heavy atom. The number of para-hydroxylation sites is 2. The minimum atomic E-state index is -0.218. The Hall–Kier alpha value is -2.24. The van der Waals surface area contributed by atoms with E-state index in [1.165, 1.54) is 0 Å². The molecule has 6 heteroatoms. The van der Waals surface area contributed by atoms with E-state index in [4.69, 9.17) is 0 Å². The van der Waals surface area contributed by atoms with Crippen LogP contribution in [0.5, 0.6) is 0 Å². The first-order valence-corrected chi connectivity index (χ1v) is 8.73. The molecule has 1 aliphatic carbocycles. The fraction of sp³-hybridized carbons (Fsp3) is 0.556. The molecular weight excluding hydrogens is 304 g/mol. The Bertz CT molecular complexity index is 615. The molecule has 1 unspecified atom stereocenters. The second-order valence-electron chi connectivity index (χ2n) is 6.71. The average molecular weight is 330 g/mol. The van der Waals surface area contributed by atoms with Gasteiger partial charge in [0.15, 0.2) is 0 Å². The zero-order valence-electron chi connectivity index (χ0n) is 14.4. The summed E-state index contributed by atoms with van der Waals surface area (Å²) in [5.74, 6) is 0.456. The molecule has 1 atom stereocenters. The Kier molecular flexibility index (Phi) is 4.92. The zero-order chi connectivity index (χ0) is 17.1. The van der Waals surface area contributed by atoms with Crippen LogP contribution in [-0.2, 0) is 4.79 Å². The molecule has 3 rings (SSSR count). The Morgan fingerprint density at radius 3 is 2.79 bits per heavy atom. The highest BCUT2D eigenvalue weighted by Gasteiger charge is 2.39. The van der Waals surface area contributed by atoms with Crippen LogP contribution >= 0.6 is 0 Å². The minimum absolute atomic E-state index is 0.218. The molecule has 2 aliphatic rings. The largest absolute Gasteiger partial charge is 0.373 e. The molecule has 130 valence electrons. The van der Waals surface area contributed by atoms with E-state index in [2.05, 4.69) is 22.5 Å². The van der Waals surface area contributed by atoms with Crippen molar-refractivity contribution in [2.24, 2.45) is 5.92 Å². The molecule has 0 spiro atoms. The summed E-state index contributed by atoms with van der Waals surface area (Å²) in [6.07, 6.45) is 2.81. The summed E-state index contributed by atoms with van der Waals surface area (Å²) in [6, 6.07) is 8.00. The van der Waals surface area contributed by atoms with Gasteiger partial charge in [-0.1, -0.05) is 12.1 Å². The van der Waals surface area contributed by atoms with Gasteiger partial charge >= 0.3 is 6.03 Å². The van der Waals surface area contributed by atoms with Gasteiger partial charge in [0, 0.05) is 45.1 Å². The van der Waals surface area contributed by atoms with Crippen molar-refractivity contribution in [2.75, 3.05) is 36.9 Å². The van der Waals surface area contributed by atoms with Gasteiger partial charge in [0.2, 0.25) is 5.91 Å². The Labute approximate surface area is 143 Å². The molecule has 1 aliphatic heterocycles. The van der Waals surface area contributed by atoms with E-state index in [9.17, 15) is 9.59 Å². The molecule has 0 radical (unpaired) electrons. The predicted molar refractivity (Wildman–Crippen MR) is 95.2 cm³/mol. The molecule has 3 amide bonds. The highest BCUT2D eigenvalue weighted by molar-refractivity contribution is 5.93. The highest BCUT2D eigenvalue weighted by Crippen LogP contribution is 2.32. The maximum absolute atomic E-state index is 12.2. The van der Waals surface area contributed by atoms with Crippen molar-refractivity contribution in [3.8, 4) is 0 Å². The number of rotatable bonds is 6. The lowest BCUT2D eigenvalue weighted by atomic mass is 10.1. The molecule has 1 saturated heterocycles. The molecule has 0 bridgehead atoms. The van der Waals surface area contributed by atoms with Gasteiger partial charge in [-0.3, -0.25) is 4.79 Å². The molecule has 0 aromatic heterocycles. The Balaban J connectivity index is 1.50. The van der Waals surface area contributed by atoms with Crippen LogP contribution in [0, 0.1) is 5.92 Å².